The van der Waals surface area contributed by atoms with Crippen LogP contribution >= 0.6 is 11.6 Å². The van der Waals surface area contributed by atoms with E-state index in [1.54, 1.807) is 12.3 Å². The van der Waals surface area contributed by atoms with Gasteiger partial charge in [0, 0.05) is 16.3 Å². The molecule has 0 aliphatic carbocycles. The molecule has 0 aliphatic heterocycles. The first kappa shape index (κ1) is 21.9. The van der Waals surface area contributed by atoms with Crippen LogP contribution in [0.5, 0.6) is 0 Å². The van der Waals surface area contributed by atoms with Gasteiger partial charge in [0.2, 0.25) is 0 Å². The zero-order chi connectivity index (χ0) is 18.5. The number of hydrogen-bond donors (Lipinski definition) is 2. The second-order valence-electron chi connectivity index (χ2n) is 4.85. The summed E-state index contributed by atoms with van der Waals surface area (Å²) in [4.78, 5) is 0. The van der Waals surface area contributed by atoms with Gasteiger partial charge in [-0.05, 0) is 56.8 Å². The Kier molecular flexibility index (Phi) is 11.3. The van der Waals surface area contributed by atoms with Gasteiger partial charge in [-0.1, -0.05) is 44.0 Å². The van der Waals surface area contributed by atoms with Crippen LogP contribution in [-0.2, 0) is 0 Å². The molecule has 1 aromatic carbocycles. The molecule has 1 aromatic heterocycles. The lowest BCUT2D eigenvalue weighted by Crippen LogP contribution is -1.81. The van der Waals surface area contributed by atoms with Gasteiger partial charge in [-0.15, -0.1) is 0 Å². The zero-order valence-electron chi connectivity index (χ0n) is 15.0. The van der Waals surface area contributed by atoms with Gasteiger partial charge in [-0.25, -0.2) is 4.39 Å². The number of benzene rings is 1. The molecule has 0 radical (unpaired) electrons. The van der Waals surface area contributed by atoms with E-state index in [1.165, 1.54) is 17.7 Å². The van der Waals surface area contributed by atoms with Gasteiger partial charge in [0.1, 0.15) is 5.82 Å². The Morgan fingerprint density at radius 1 is 1.29 bits per heavy atom. The number of nitrogens with zero attached hydrogens (tertiary/aromatic N) is 1. The highest BCUT2D eigenvalue weighted by molar-refractivity contribution is 6.30. The molecule has 3 nitrogen and oxygen atoms in total. The molecule has 0 bridgehead atoms. The maximum atomic E-state index is 13.0. The molecule has 2 aromatic rings. The number of nitrogens with one attached hydrogen (secondary N) is 1. The molecule has 5 heteroatoms. The smallest absolute Gasteiger partial charge is 0.125 e. The molecule has 3 N–H and O–H groups in total. The summed E-state index contributed by atoms with van der Waals surface area (Å²) in [5.41, 5.74) is 8.77. The molecule has 0 unspecified atom stereocenters. The Labute approximate surface area is 149 Å². The molecule has 2 rings (SSSR count). The maximum absolute atomic E-state index is 13.0. The molecule has 0 atom stereocenters. The van der Waals surface area contributed by atoms with Crippen LogP contribution in [0.25, 0.3) is 11.3 Å². The number of rotatable bonds is 3. The Hall–Kier alpha value is -2.07. The van der Waals surface area contributed by atoms with Crippen molar-refractivity contribution in [1.29, 1.82) is 0 Å². The summed E-state index contributed by atoms with van der Waals surface area (Å²) in [5, 5.41) is 7.18. The van der Waals surface area contributed by atoms with Crippen LogP contribution in [-0.4, -0.2) is 10.2 Å². The molecule has 0 fully saturated rings. The van der Waals surface area contributed by atoms with Gasteiger partial charge in [0.05, 0.1) is 5.69 Å². The lowest BCUT2D eigenvalue weighted by Gasteiger charge is -1.97. The van der Waals surface area contributed by atoms with Crippen molar-refractivity contribution < 1.29 is 4.39 Å². The van der Waals surface area contributed by atoms with E-state index in [-0.39, 0.29) is 5.82 Å². The van der Waals surface area contributed by atoms with Crippen molar-refractivity contribution in [2.75, 3.05) is 0 Å². The molecule has 1 heterocycles. The molecular formula is C19H27ClFN3. The minimum Gasteiger partial charge on any atom is -0.405 e. The quantitative estimate of drug-likeness (QED) is 0.664. The number of nitrogens with two attached hydrogens (primary N) is 1. The van der Waals surface area contributed by atoms with Crippen molar-refractivity contribution in [2.45, 2.75) is 41.0 Å². The van der Waals surface area contributed by atoms with Gasteiger partial charge in [-0.2, -0.15) is 5.10 Å². The largest absolute Gasteiger partial charge is 0.405 e. The molecule has 0 saturated carbocycles. The summed E-state index contributed by atoms with van der Waals surface area (Å²) < 4.78 is 13.0. The molecule has 0 amide bonds. The zero-order valence-corrected chi connectivity index (χ0v) is 15.8. The van der Waals surface area contributed by atoms with E-state index in [2.05, 4.69) is 24.0 Å². The first-order valence-electron chi connectivity index (χ1n) is 7.98. The minimum atomic E-state index is -0.354. The SMILES string of the molecule is CC.CC/C(C)=C\C=C/N.Cc1cc(-c2cc(F)cc(Cl)c2)n[nH]1. The first-order chi connectivity index (χ1) is 11.5. The van der Waals surface area contributed by atoms with Crippen LogP contribution < -0.4 is 5.73 Å². The fraction of sp³-hybridized carbons (Fsp3) is 0.316. The average Bonchev–Trinajstić information content (AvgIpc) is 3.01. The number of allylic oxidation sites excluding steroid dienone is 3. The summed E-state index contributed by atoms with van der Waals surface area (Å²) in [6.45, 7) is 10.1. The van der Waals surface area contributed by atoms with Crippen molar-refractivity contribution in [2.24, 2.45) is 5.73 Å². The number of aryl methyl sites for hydroxylation is 1. The fourth-order valence-electron chi connectivity index (χ4n) is 1.61. The van der Waals surface area contributed by atoms with Crippen LogP contribution in [0.15, 0.2) is 48.2 Å². The van der Waals surface area contributed by atoms with E-state index in [0.29, 0.717) is 16.3 Å². The van der Waals surface area contributed by atoms with Crippen LogP contribution in [0.4, 0.5) is 4.39 Å². The normalized spacial score (nSPS) is 10.7. The first-order valence-corrected chi connectivity index (χ1v) is 8.36. The topological polar surface area (TPSA) is 54.7 Å². The second-order valence-corrected chi connectivity index (χ2v) is 5.28. The van der Waals surface area contributed by atoms with E-state index < -0.39 is 0 Å². The molecule has 0 aliphatic rings. The maximum Gasteiger partial charge on any atom is 0.125 e. The second kappa shape index (κ2) is 12.4. The summed E-state index contributed by atoms with van der Waals surface area (Å²) in [6, 6.07) is 6.19. The predicted molar refractivity (Wildman–Crippen MR) is 102 cm³/mol. The third-order valence-electron chi connectivity index (χ3n) is 2.91. The third-order valence-corrected chi connectivity index (χ3v) is 3.13. The van der Waals surface area contributed by atoms with E-state index >= 15 is 0 Å². The van der Waals surface area contributed by atoms with Crippen molar-refractivity contribution in [3.8, 4) is 11.3 Å². The van der Waals surface area contributed by atoms with Gasteiger partial charge < -0.3 is 5.73 Å². The van der Waals surface area contributed by atoms with Crippen molar-refractivity contribution in [1.82, 2.24) is 10.2 Å². The predicted octanol–water partition coefficient (Wildman–Crippen LogP) is 6.02. The minimum absolute atomic E-state index is 0.354. The van der Waals surface area contributed by atoms with Crippen LogP contribution in [0.1, 0.15) is 39.8 Å². The van der Waals surface area contributed by atoms with Gasteiger partial charge >= 0.3 is 0 Å². The number of hydrogen-bond acceptors (Lipinski definition) is 2. The summed E-state index contributed by atoms with van der Waals surface area (Å²) in [7, 11) is 0. The van der Waals surface area contributed by atoms with E-state index in [1.807, 2.05) is 39.0 Å². The molecule has 24 heavy (non-hydrogen) atoms. The van der Waals surface area contributed by atoms with E-state index in [0.717, 1.165) is 12.1 Å². The average molecular weight is 352 g/mol. The number of halogens is 2. The summed E-state index contributed by atoms with van der Waals surface area (Å²) in [5.74, 6) is -0.354. The molecule has 0 saturated heterocycles. The summed E-state index contributed by atoms with van der Waals surface area (Å²) >= 11 is 5.73. The Morgan fingerprint density at radius 2 is 1.96 bits per heavy atom. The van der Waals surface area contributed by atoms with Crippen LogP contribution in [0.2, 0.25) is 5.02 Å². The van der Waals surface area contributed by atoms with Crippen molar-refractivity contribution in [3.05, 3.63) is 64.7 Å². The van der Waals surface area contributed by atoms with Crippen molar-refractivity contribution >= 4 is 11.6 Å². The van der Waals surface area contributed by atoms with Gasteiger partial charge in [0.25, 0.3) is 0 Å². The Morgan fingerprint density at radius 3 is 2.42 bits per heavy atom. The lowest BCUT2D eigenvalue weighted by atomic mass is 10.1. The fourth-order valence-corrected chi connectivity index (χ4v) is 1.83. The third kappa shape index (κ3) is 8.53. The Balaban J connectivity index is 0.000000456. The Bertz CT molecular complexity index is 640. The van der Waals surface area contributed by atoms with Gasteiger partial charge in [-0.3, -0.25) is 5.10 Å². The lowest BCUT2D eigenvalue weighted by molar-refractivity contribution is 0.628. The van der Waals surface area contributed by atoms with Gasteiger partial charge in [0.15, 0.2) is 0 Å². The number of H-pyrrole nitrogens is 1. The van der Waals surface area contributed by atoms with E-state index in [9.17, 15) is 4.39 Å². The molecule has 0 spiro atoms. The van der Waals surface area contributed by atoms with Crippen LogP contribution in [0.3, 0.4) is 0 Å². The highest BCUT2D eigenvalue weighted by atomic mass is 35.5. The summed E-state index contributed by atoms with van der Waals surface area (Å²) in [6.07, 6.45) is 6.50. The molecule has 132 valence electrons. The number of aromatic amines is 1. The highest BCUT2D eigenvalue weighted by Gasteiger charge is 2.04. The standard InChI is InChI=1S/C10H8ClFN2.C7H13N.C2H6/c1-6-2-10(14-13-6)7-3-8(11)5-9(12)4-7;1-3-7(2)5-4-6-8;1-2/h2-5H,1H3,(H,13,14);4-6H,3,8H2,1-2H3;1-2H3/b;6-4-,7-5-;. The molecular weight excluding hydrogens is 325 g/mol. The van der Waals surface area contributed by atoms with Crippen LogP contribution in [0, 0.1) is 12.7 Å². The van der Waals surface area contributed by atoms with E-state index in [4.69, 9.17) is 17.3 Å². The highest BCUT2D eigenvalue weighted by Crippen LogP contribution is 2.22. The number of aromatic nitrogens is 2. The van der Waals surface area contributed by atoms with Crippen molar-refractivity contribution in [3.63, 3.8) is 0 Å². The monoisotopic (exact) mass is 351 g/mol.